The molecular weight excluding hydrogens is 352 g/mol. The van der Waals surface area contributed by atoms with Crippen LogP contribution in [0, 0.1) is 0 Å². The maximum absolute atomic E-state index is 5.15. The molecule has 1 aromatic carbocycles. The van der Waals surface area contributed by atoms with Gasteiger partial charge >= 0.3 is 0 Å². The number of rotatable bonds is 6. The van der Waals surface area contributed by atoms with Crippen molar-refractivity contribution in [2.45, 2.75) is 56.7 Å². The first-order valence-electron chi connectivity index (χ1n) is 10.2. The third-order valence-corrected chi connectivity index (χ3v) is 6.03. The van der Waals surface area contributed by atoms with E-state index in [1.165, 1.54) is 24.8 Å². The number of nitrogens with zero attached hydrogens (tertiary/aromatic N) is 4. The van der Waals surface area contributed by atoms with Gasteiger partial charge in [-0.05, 0) is 24.8 Å². The zero-order valence-electron chi connectivity index (χ0n) is 16.8. The molecule has 1 saturated carbocycles. The lowest BCUT2D eigenvalue weighted by molar-refractivity contribution is 0.177. The van der Waals surface area contributed by atoms with Gasteiger partial charge in [0.1, 0.15) is 12.4 Å². The van der Waals surface area contributed by atoms with Gasteiger partial charge in [-0.1, -0.05) is 36.8 Å². The fourth-order valence-corrected chi connectivity index (χ4v) is 4.27. The number of fused-ring (bicyclic) bond motifs is 1. The predicted octanol–water partition coefficient (Wildman–Crippen LogP) is 2.03. The highest BCUT2D eigenvalue weighted by Crippen LogP contribution is 2.43. The number of guanidine groups is 1. The molecule has 0 bridgehead atoms. The zero-order valence-corrected chi connectivity index (χ0v) is 16.8. The van der Waals surface area contributed by atoms with Crippen LogP contribution in [0.1, 0.15) is 42.9 Å². The molecule has 0 radical (unpaired) electrons. The molecule has 1 aliphatic carbocycles. The van der Waals surface area contributed by atoms with Crippen molar-refractivity contribution in [3.8, 4) is 0 Å². The maximum Gasteiger partial charge on any atom is 0.191 e. The third kappa shape index (κ3) is 3.90. The van der Waals surface area contributed by atoms with E-state index >= 15 is 0 Å². The minimum absolute atomic E-state index is 0.236. The number of benzene rings is 1. The number of hydrogen-bond donors (Lipinski definition) is 2. The molecule has 1 aliphatic heterocycles. The van der Waals surface area contributed by atoms with Gasteiger partial charge in [0.15, 0.2) is 11.8 Å². The Morgan fingerprint density at radius 1 is 1.32 bits per heavy atom. The molecule has 1 atom stereocenters. The molecule has 2 N–H and O–H groups in total. The van der Waals surface area contributed by atoms with Gasteiger partial charge in [0.25, 0.3) is 0 Å². The van der Waals surface area contributed by atoms with Crippen molar-refractivity contribution < 1.29 is 4.74 Å². The molecule has 0 saturated heterocycles. The van der Waals surface area contributed by atoms with Crippen molar-refractivity contribution in [3.63, 3.8) is 0 Å². The summed E-state index contributed by atoms with van der Waals surface area (Å²) in [7, 11) is 3.51. The van der Waals surface area contributed by atoms with Gasteiger partial charge in [-0.25, -0.2) is 9.67 Å². The lowest BCUT2D eigenvalue weighted by atomic mass is 9.64. The Morgan fingerprint density at radius 3 is 2.82 bits per heavy atom. The average Bonchev–Trinajstić information content (AvgIpc) is 3.09. The van der Waals surface area contributed by atoms with E-state index in [1.54, 1.807) is 7.11 Å². The summed E-state index contributed by atoms with van der Waals surface area (Å²) < 4.78 is 7.15. The van der Waals surface area contributed by atoms with Crippen LogP contribution in [-0.2, 0) is 29.7 Å². The molecule has 28 heavy (non-hydrogen) atoms. The van der Waals surface area contributed by atoms with Crippen molar-refractivity contribution in [1.29, 1.82) is 0 Å². The highest BCUT2D eigenvalue weighted by molar-refractivity contribution is 5.80. The fourth-order valence-electron chi connectivity index (χ4n) is 4.27. The van der Waals surface area contributed by atoms with Crippen molar-refractivity contribution in [1.82, 2.24) is 25.4 Å². The van der Waals surface area contributed by atoms with Crippen molar-refractivity contribution in [2.24, 2.45) is 4.99 Å². The van der Waals surface area contributed by atoms with Crippen LogP contribution in [-0.4, -0.2) is 47.5 Å². The molecule has 1 aromatic heterocycles. The molecule has 4 rings (SSSR count). The summed E-state index contributed by atoms with van der Waals surface area (Å²) in [5.41, 5.74) is 1.67. The first-order chi connectivity index (χ1) is 13.7. The number of aryl methyl sites for hydroxylation is 1. The largest absolute Gasteiger partial charge is 0.377 e. The van der Waals surface area contributed by atoms with Gasteiger partial charge < -0.3 is 15.4 Å². The minimum Gasteiger partial charge on any atom is -0.377 e. The predicted molar refractivity (Wildman–Crippen MR) is 109 cm³/mol. The van der Waals surface area contributed by atoms with Gasteiger partial charge in [0.05, 0.1) is 6.54 Å². The van der Waals surface area contributed by atoms with Crippen molar-refractivity contribution in [2.75, 3.05) is 20.7 Å². The number of aromatic nitrogens is 3. The van der Waals surface area contributed by atoms with Crippen LogP contribution >= 0.6 is 0 Å². The Kier molecular flexibility index (Phi) is 5.62. The molecule has 2 heterocycles. The maximum atomic E-state index is 5.15. The molecule has 2 aromatic rings. The SMILES string of the molecule is CN=C(NCC1(c2ccccc2)CCC1)NC1CCc2nc(COC)nn2C1. The number of methoxy groups -OCH3 is 1. The number of nitrogens with one attached hydrogen (secondary N) is 2. The van der Waals surface area contributed by atoms with E-state index in [4.69, 9.17) is 4.74 Å². The summed E-state index contributed by atoms with van der Waals surface area (Å²) >= 11 is 0. The Morgan fingerprint density at radius 2 is 2.14 bits per heavy atom. The Bertz CT molecular complexity index is 812. The summed E-state index contributed by atoms with van der Waals surface area (Å²) in [6.45, 7) is 2.18. The first-order valence-corrected chi connectivity index (χ1v) is 10.2. The summed E-state index contributed by atoms with van der Waals surface area (Å²) in [6, 6.07) is 11.2. The molecule has 0 spiro atoms. The molecular formula is C21H30N6O. The standard InChI is InChI=1S/C21H30N6O/c1-22-20(23-15-21(11-6-12-21)16-7-4-3-5-8-16)24-17-9-10-19-25-18(14-28-2)26-27(19)13-17/h3-5,7-8,17H,6,9-15H2,1-2H3,(H2,22,23,24). The van der Waals surface area contributed by atoms with E-state index in [9.17, 15) is 0 Å². The topological polar surface area (TPSA) is 76.4 Å². The second kappa shape index (κ2) is 8.31. The summed E-state index contributed by atoms with van der Waals surface area (Å²) in [5.74, 6) is 2.67. The van der Waals surface area contributed by atoms with Crippen LogP contribution in [0.15, 0.2) is 35.3 Å². The Hall–Kier alpha value is -2.41. The molecule has 7 heteroatoms. The molecule has 1 unspecified atom stereocenters. The van der Waals surface area contributed by atoms with Gasteiger partial charge in [-0.2, -0.15) is 5.10 Å². The highest BCUT2D eigenvalue weighted by Gasteiger charge is 2.38. The number of ether oxygens (including phenoxy) is 1. The van der Waals surface area contributed by atoms with Crippen LogP contribution in [0.25, 0.3) is 0 Å². The van der Waals surface area contributed by atoms with Gasteiger partial charge in [0.2, 0.25) is 0 Å². The monoisotopic (exact) mass is 382 g/mol. The average molecular weight is 383 g/mol. The van der Waals surface area contributed by atoms with Gasteiger partial charge in [-0.3, -0.25) is 4.99 Å². The van der Waals surface area contributed by atoms with Crippen molar-refractivity contribution >= 4 is 5.96 Å². The normalized spacial score (nSPS) is 20.9. The van der Waals surface area contributed by atoms with Crippen LogP contribution in [0.3, 0.4) is 0 Å². The Balaban J connectivity index is 1.35. The van der Waals surface area contributed by atoms with E-state index in [0.29, 0.717) is 12.6 Å². The summed E-state index contributed by atoms with van der Waals surface area (Å²) in [4.78, 5) is 9.01. The quantitative estimate of drug-likeness (QED) is 0.591. The summed E-state index contributed by atoms with van der Waals surface area (Å²) in [6.07, 6.45) is 5.70. The van der Waals surface area contributed by atoms with Gasteiger partial charge in [0, 0.05) is 38.6 Å². The molecule has 1 fully saturated rings. The number of hydrogen-bond acceptors (Lipinski definition) is 4. The van der Waals surface area contributed by atoms with Crippen molar-refractivity contribution in [3.05, 3.63) is 47.5 Å². The second-order valence-corrected chi connectivity index (χ2v) is 7.86. The smallest absolute Gasteiger partial charge is 0.191 e. The molecule has 2 aliphatic rings. The van der Waals surface area contributed by atoms with E-state index in [0.717, 1.165) is 43.5 Å². The minimum atomic E-state index is 0.236. The second-order valence-electron chi connectivity index (χ2n) is 7.86. The number of aliphatic imine (C=N–C) groups is 1. The lowest BCUT2D eigenvalue weighted by Crippen LogP contribution is -2.52. The van der Waals surface area contributed by atoms with E-state index < -0.39 is 0 Å². The first kappa shape index (κ1) is 18.9. The lowest BCUT2D eigenvalue weighted by Gasteiger charge is -2.43. The molecule has 0 amide bonds. The molecule has 7 nitrogen and oxygen atoms in total. The molecule has 150 valence electrons. The van der Waals surface area contributed by atoms with Crippen LogP contribution in [0.2, 0.25) is 0 Å². The Labute approximate surface area is 166 Å². The van der Waals surface area contributed by atoms with E-state index in [1.807, 2.05) is 11.7 Å². The summed E-state index contributed by atoms with van der Waals surface area (Å²) in [5, 5.41) is 11.7. The zero-order chi connectivity index (χ0) is 19.4. The fraction of sp³-hybridized carbons (Fsp3) is 0.571. The van der Waals surface area contributed by atoms with Crippen LogP contribution in [0.5, 0.6) is 0 Å². The van der Waals surface area contributed by atoms with E-state index in [-0.39, 0.29) is 5.41 Å². The third-order valence-electron chi connectivity index (χ3n) is 6.03. The van der Waals surface area contributed by atoms with E-state index in [2.05, 4.69) is 56.0 Å². The van der Waals surface area contributed by atoms with Crippen LogP contribution < -0.4 is 10.6 Å². The highest BCUT2D eigenvalue weighted by atomic mass is 16.5. The van der Waals surface area contributed by atoms with Crippen LogP contribution in [0.4, 0.5) is 0 Å². The van der Waals surface area contributed by atoms with Gasteiger partial charge in [-0.15, -0.1) is 0 Å².